The van der Waals surface area contributed by atoms with E-state index in [0.29, 0.717) is 23.4 Å². The van der Waals surface area contributed by atoms with Gasteiger partial charge >= 0.3 is 11.9 Å². The number of carboxylic acid groups (broad SMARTS) is 2. The Morgan fingerprint density at radius 1 is 1.10 bits per heavy atom. The summed E-state index contributed by atoms with van der Waals surface area (Å²) >= 11 is 0. The second kappa shape index (κ2) is 11.1. The van der Waals surface area contributed by atoms with Gasteiger partial charge in [0.1, 0.15) is 17.7 Å². The lowest BCUT2D eigenvalue weighted by atomic mass is 10.0. The van der Waals surface area contributed by atoms with E-state index in [0.717, 1.165) is 0 Å². The average molecular weight is 429 g/mol. The van der Waals surface area contributed by atoms with E-state index in [-0.39, 0.29) is 24.1 Å². The molecule has 2 aromatic rings. The number of amides is 1. The number of aliphatic carboxylic acids is 2. The van der Waals surface area contributed by atoms with Crippen LogP contribution in [-0.2, 0) is 9.59 Å². The highest BCUT2D eigenvalue weighted by Gasteiger charge is 2.25. The van der Waals surface area contributed by atoms with Gasteiger partial charge in [-0.15, -0.1) is 0 Å². The lowest BCUT2D eigenvalue weighted by Crippen LogP contribution is -2.41. The fourth-order valence-corrected chi connectivity index (χ4v) is 2.97. The molecule has 9 heteroatoms. The van der Waals surface area contributed by atoms with Gasteiger partial charge in [0.2, 0.25) is 0 Å². The zero-order valence-corrected chi connectivity index (χ0v) is 17.7. The Balaban J connectivity index is 2.07. The van der Waals surface area contributed by atoms with E-state index < -0.39 is 23.9 Å². The summed E-state index contributed by atoms with van der Waals surface area (Å²) in [7, 11) is 1.51. The topological polar surface area (TPSA) is 138 Å². The van der Waals surface area contributed by atoms with Crippen molar-refractivity contribution in [2.75, 3.05) is 19.0 Å². The number of hydrogen-bond acceptors (Lipinski definition) is 6. The molecule has 0 saturated carbocycles. The molecule has 4 N–H and O–H groups in total. The summed E-state index contributed by atoms with van der Waals surface area (Å²) in [6, 6.07) is 8.87. The van der Waals surface area contributed by atoms with Crippen LogP contribution in [0, 0.1) is 5.92 Å². The monoisotopic (exact) mass is 429 g/mol. The molecule has 0 aliphatic rings. The van der Waals surface area contributed by atoms with Gasteiger partial charge in [-0.1, -0.05) is 19.9 Å². The van der Waals surface area contributed by atoms with Gasteiger partial charge in [-0.25, -0.2) is 0 Å². The van der Waals surface area contributed by atoms with Crippen LogP contribution in [-0.4, -0.2) is 52.7 Å². The number of carboxylic acids is 2. The van der Waals surface area contributed by atoms with Crippen molar-refractivity contribution in [3.05, 3.63) is 53.9 Å². The summed E-state index contributed by atoms with van der Waals surface area (Å²) in [5.41, 5.74) is 1.06. The molecule has 1 amide bonds. The Bertz CT molecular complexity index is 914. The fourth-order valence-electron chi connectivity index (χ4n) is 2.97. The van der Waals surface area contributed by atoms with Gasteiger partial charge in [-0.05, 0) is 42.7 Å². The SMILES string of the molecule is COc1cccc(C(=O)Nc2ccc(C(CNC(CC(C)C)C(=O)O)C(=O)O)nc2)c1. The molecule has 166 valence electrons. The number of rotatable bonds is 11. The standard InChI is InChI=1S/C22H27N3O6/c1-13(2)9-19(22(29)30)24-12-17(21(27)28)18-8-7-15(11-23-18)25-20(26)14-5-4-6-16(10-14)31-3/h4-8,10-11,13,17,19,24H,9,12H2,1-3H3,(H,25,26)(H,27,28)(H,29,30). The Morgan fingerprint density at radius 2 is 1.84 bits per heavy atom. The molecule has 0 spiro atoms. The zero-order chi connectivity index (χ0) is 23.0. The minimum atomic E-state index is -1.12. The molecule has 0 aliphatic carbocycles. The van der Waals surface area contributed by atoms with Crippen molar-refractivity contribution in [2.45, 2.75) is 32.2 Å². The van der Waals surface area contributed by atoms with Crippen molar-refractivity contribution >= 4 is 23.5 Å². The van der Waals surface area contributed by atoms with E-state index in [9.17, 15) is 24.6 Å². The van der Waals surface area contributed by atoms with Crippen LogP contribution in [0.2, 0.25) is 0 Å². The number of nitrogens with one attached hydrogen (secondary N) is 2. The van der Waals surface area contributed by atoms with Gasteiger partial charge in [-0.3, -0.25) is 19.4 Å². The molecule has 0 aliphatic heterocycles. The van der Waals surface area contributed by atoms with Crippen LogP contribution in [0.15, 0.2) is 42.6 Å². The van der Waals surface area contributed by atoms with Crippen molar-refractivity contribution in [3.63, 3.8) is 0 Å². The van der Waals surface area contributed by atoms with E-state index in [1.807, 2.05) is 13.8 Å². The van der Waals surface area contributed by atoms with Gasteiger partial charge in [0, 0.05) is 12.1 Å². The van der Waals surface area contributed by atoms with Crippen LogP contribution >= 0.6 is 0 Å². The van der Waals surface area contributed by atoms with Crippen LogP contribution in [0.5, 0.6) is 5.75 Å². The number of methoxy groups -OCH3 is 1. The van der Waals surface area contributed by atoms with Gasteiger partial charge in [0.05, 0.1) is 24.7 Å². The number of benzene rings is 1. The molecule has 1 aromatic carbocycles. The Morgan fingerprint density at radius 3 is 2.39 bits per heavy atom. The number of nitrogens with zero attached hydrogens (tertiary/aromatic N) is 1. The molecule has 0 bridgehead atoms. The molecule has 2 rings (SSSR count). The van der Waals surface area contributed by atoms with Crippen LogP contribution in [0.25, 0.3) is 0 Å². The summed E-state index contributed by atoms with van der Waals surface area (Å²) in [5.74, 6) is -2.85. The van der Waals surface area contributed by atoms with E-state index in [1.165, 1.54) is 19.4 Å². The molecule has 9 nitrogen and oxygen atoms in total. The Labute approximate surface area is 180 Å². The van der Waals surface area contributed by atoms with Crippen molar-refractivity contribution in [3.8, 4) is 5.75 Å². The molecule has 31 heavy (non-hydrogen) atoms. The normalized spacial score (nSPS) is 12.8. The first kappa shape index (κ1) is 23.8. The van der Waals surface area contributed by atoms with Gasteiger partial charge in [-0.2, -0.15) is 0 Å². The minimum absolute atomic E-state index is 0.0818. The average Bonchev–Trinajstić information content (AvgIpc) is 2.73. The third-order valence-electron chi connectivity index (χ3n) is 4.60. The number of pyridine rings is 1. The first-order chi connectivity index (χ1) is 14.7. The molecule has 2 atom stereocenters. The van der Waals surface area contributed by atoms with Crippen molar-refractivity contribution in [2.24, 2.45) is 5.92 Å². The highest BCUT2D eigenvalue weighted by molar-refractivity contribution is 6.04. The van der Waals surface area contributed by atoms with E-state index in [2.05, 4.69) is 15.6 Å². The number of anilines is 1. The molecular weight excluding hydrogens is 402 g/mol. The van der Waals surface area contributed by atoms with E-state index in [1.54, 1.807) is 30.3 Å². The van der Waals surface area contributed by atoms with Crippen LogP contribution in [0.3, 0.4) is 0 Å². The highest BCUT2D eigenvalue weighted by Crippen LogP contribution is 2.18. The predicted molar refractivity (Wildman–Crippen MR) is 114 cm³/mol. The fraction of sp³-hybridized carbons (Fsp3) is 0.364. The molecule has 1 heterocycles. The first-order valence-electron chi connectivity index (χ1n) is 9.81. The van der Waals surface area contributed by atoms with Gasteiger partial charge in [0.25, 0.3) is 5.91 Å². The molecule has 0 radical (unpaired) electrons. The quantitative estimate of drug-likeness (QED) is 0.428. The second-order valence-corrected chi connectivity index (χ2v) is 7.48. The highest BCUT2D eigenvalue weighted by atomic mass is 16.5. The summed E-state index contributed by atoms with van der Waals surface area (Å²) in [6.45, 7) is 3.71. The third kappa shape index (κ3) is 7.07. The smallest absolute Gasteiger partial charge is 0.320 e. The Hall–Kier alpha value is -3.46. The number of hydrogen-bond donors (Lipinski definition) is 4. The maximum atomic E-state index is 12.4. The predicted octanol–water partition coefficient (Wildman–Crippen LogP) is 2.60. The van der Waals surface area contributed by atoms with Crippen molar-refractivity contribution in [1.29, 1.82) is 0 Å². The Kier molecular flexibility index (Phi) is 8.51. The molecule has 0 fully saturated rings. The van der Waals surface area contributed by atoms with Crippen LogP contribution in [0.4, 0.5) is 5.69 Å². The summed E-state index contributed by atoms with van der Waals surface area (Å²) in [5, 5.41) is 24.4. The van der Waals surface area contributed by atoms with Gasteiger partial charge in [0.15, 0.2) is 0 Å². The van der Waals surface area contributed by atoms with Crippen LogP contribution < -0.4 is 15.4 Å². The number of ether oxygens (including phenoxy) is 1. The molecule has 0 saturated heterocycles. The number of aromatic nitrogens is 1. The van der Waals surface area contributed by atoms with E-state index in [4.69, 9.17) is 4.74 Å². The summed E-state index contributed by atoms with van der Waals surface area (Å²) in [6.07, 6.45) is 1.75. The van der Waals surface area contributed by atoms with E-state index >= 15 is 0 Å². The lowest BCUT2D eigenvalue weighted by Gasteiger charge is -2.19. The summed E-state index contributed by atoms with van der Waals surface area (Å²) in [4.78, 5) is 39.6. The van der Waals surface area contributed by atoms with Crippen molar-refractivity contribution < 1.29 is 29.3 Å². The van der Waals surface area contributed by atoms with Gasteiger partial charge < -0.3 is 25.6 Å². The lowest BCUT2D eigenvalue weighted by molar-refractivity contribution is -0.142. The molecule has 2 unspecified atom stereocenters. The molecular formula is C22H27N3O6. The maximum Gasteiger partial charge on any atom is 0.320 e. The molecule has 1 aromatic heterocycles. The zero-order valence-electron chi connectivity index (χ0n) is 17.7. The second-order valence-electron chi connectivity index (χ2n) is 7.48. The van der Waals surface area contributed by atoms with Crippen LogP contribution in [0.1, 0.15) is 42.2 Å². The number of carbonyl (C=O) groups is 3. The first-order valence-corrected chi connectivity index (χ1v) is 9.81. The minimum Gasteiger partial charge on any atom is -0.497 e. The number of carbonyl (C=O) groups excluding carboxylic acids is 1. The largest absolute Gasteiger partial charge is 0.497 e. The van der Waals surface area contributed by atoms with Crippen molar-refractivity contribution in [1.82, 2.24) is 10.3 Å². The third-order valence-corrected chi connectivity index (χ3v) is 4.60. The maximum absolute atomic E-state index is 12.4. The summed E-state index contributed by atoms with van der Waals surface area (Å²) < 4.78 is 5.10.